The van der Waals surface area contributed by atoms with Crippen molar-refractivity contribution in [2.45, 2.75) is 76.5 Å². The van der Waals surface area contributed by atoms with Crippen molar-refractivity contribution < 1.29 is 19.0 Å². The number of hydrogen-bond acceptors (Lipinski definition) is 5. The maximum Gasteiger partial charge on any atom is 0.412 e. The summed E-state index contributed by atoms with van der Waals surface area (Å²) in [4.78, 5) is 12.4. The van der Waals surface area contributed by atoms with Crippen molar-refractivity contribution in [1.82, 2.24) is 9.88 Å². The molecule has 1 aliphatic heterocycles. The maximum absolute atomic E-state index is 12.4. The van der Waals surface area contributed by atoms with Crippen LogP contribution in [-0.4, -0.2) is 36.0 Å². The summed E-state index contributed by atoms with van der Waals surface area (Å²) in [6.07, 6.45) is 9.79. The first-order valence-electron chi connectivity index (χ1n) is 13.9. The third kappa shape index (κ3) is 5.57. The number of carbonyl (C=O) groups excluding carboxylic acids is 1. The Morgan fingerprint density at radius 1 is 0.946 bits per heavy atom. The monoisotopic (exact) mass is 503 g/mol. The molecule has 2 aromatic carbocycles. The van der Waals surface area contributed by atoms with Crippen LogP contribution in [0.2, 0.25) is 0 Å². The van der Waals surface area contributed by atoms with E-state index in [-0.39, 0.29) is 18.2 Å². The fourth-order valence-corrected chi connectivity index (χ4v) is 5.71. The minimum Gasteiger partial charge on any atom is -0.490 e. The number of aromatic nitrogens is 1. The molecule has 3 fully saturated rings. The van der Waals surface area contributed by atoms with Crippen LogP contribution < -0.4 is 20.5 Å². The number of nitrogens with zero attached hydrogens (tertiary/aromatic N) is 1. The number of amides is 1. The number of fused-ring (bicyclic) bond motifs is 1. The minimum absolute atomic E-state index is 0.192. The molecule has 3 N–H and O–H groups in total. The predicted octanol–water partition coefficient (Wildman–Crippen LogP) is 6.28. The Kier molecular flexibility index (Phi) is 6.96. The number of carbonyl (C=O) groups is 1. The molecule has 37 heavy (non-hydrogen) atoms. The van der Waals surface area contributed by atoms with E-state index in [0.29, 0.717) is 11.7 Å². The summed E-state index contributed by atoms with van der Waals surface area (Å²) in [5.41, 5.74) is 10.7. The molecule has 0 bridgehead atoms. The molecule has 0 atom stereocenters. The van der Waals surface area contributed by atoms with Crippen molar-refractivity contribution in [3.05, 3.63) is 42.5 Å². The van der Waals surface area contributed by atoms with Crippen molar-refractivity contribution in [3.63, 3.8) is 0 Å². The van der Waals surface area contributed by atoms with Crippen molar-refractivity contribution in [2.24, 2.45) is 5.92 Å². The van der Waals surface area contributed by atoms with Crippen LogP contribution in [0.25, 0.3) is 22.2 Å². The largest absolute Gasteiger partial charge is 0.490 e. The number of nitrogen functional groups attached to an aromatic ring is 1. The van der Waals surface area contributed by atoms with Crippen LogP contribution in [0.4, 0.5) is 10.5 Å². The van der Waals surface area contributed by atoms with E-state index in [1.54, 1.807) is 0 Å². The Hall–Kier alpha value is -3.19. The number of ether oxygens (including phenoxy) is 3. The Balaban J connectivity index is 1.24. The molecular weight excluding hydrogens is 466 g/mol. The highest BCUT2D eigenvalue weighted by atomic mass is 16.6. The van der Waals surface area contributed by atoms with Gasteiger partial charge in [0.2, 0.25) is 0 Å². The first-order chi connectivity index (χ1) is 18.1. The van der Waals surface area contributed by atoms with Gasteiger partial charge in [-0.05, 0) is 68.0 Å². The lowest BCUT2D eigenvalue weighted by Gasteiger charge is -2.23. The van der Waals surface area contributed by atoms with E-state index in [9.17, 15) is 4.79 Å². The van der Waals surface area contributed by atoms with Gasteiger partial charge in [-0.25, -0.2) is 4.79 Å². The molecule has 2 heterocycles. The van der Waals surface area contributed by atoms with Gasteiger partial charge in [-0.2, -0.15) is 0 Å². The van der Waals surface area contributed by atoms with Gasteiger partial charge in [-0.3, -0.25) is 0 Å². The van der Waals surface area contributed by atoms with Gasteiger partial charge in [0.05, 0.1) is 30.1 Å². The number of rotatable bonds is 7. The lowest BCUT2D eigenvalue weighted by atomic mass is 9.96. The fourth-order valence-electron chi connectivity index (χ4n) is 5.71. The van der Waals surface area contributed by atoms with Crippen LogP contribution in [0.15, 0.2) is 42.5 Å². The Labute approximate surface area is 218 Å². The molecule has 0 spiro atoms. The van der Waals surface area contributed by atoms with Crippen LogP contribution in [0, 0.1) is 5.92 Å². The van der Waals surface area contributed by atoms with E-state index in [1.807, 2.05) is 30.3 Å². The zero-order valence-corrected chi connectivity index (χ0v) is 21.4. The summed E-state index contributed by atoms with van der Waals surface area (Å²) >= 11 is 0. The van der Waals surface area contributed by atoms with E-state index in [2.05, 4.69) is 22.0 Å². The first kappa shape index (κ1) is 24.2. The predicted molar refractivity (Wildman–Crippen MR) is 145 cm³/mol. The van der Waals surface area contributed by atoms with Crippen molar-refractivity contribution >= 4 is 22.7 Å². The fraction of sp³-hybridized carbons (Fsp3) is 0.500. The second kappa shape index (κ2) is 10.7. The summed E-state index contributed by atoms with van der Waals surface area (Å²) in [5, 5.41) is 4.05. The topological polar surface area (TPSA) is 87.7 Å². The summed E-state index contributed by atoms with van der Waals surface area (Å²) in [7, 11) is 0. The van der Waals surface area contributed by atoms with Gasteiger partial charge in [0.25, 0.3) is 0 Å². The van der Waals surface area contributed by atoms with Crippen LogP contribution in [0.5, 0.6) is 11.5 Å². The van der Waals surface area contributed by atoms with E-state index in [1.165, 1.54) is 32.1 Å². The highest BCUT2D eigenvalue weighted by molar-refractivity contribution is 6.01. The number of hydrogen-bond donors (Lipinski definition) is 2. The normalized spacial score (nSPS) is 19.1. The van der Waals surface area contributed by atoms with Crippen molar-refractivity contribution in [3.8, 4) is 22.8 Å². The smallest absolute Gasteiger partial charge is 0.412 e. The molecule has 7 heteroatoms. The third-order valence-corrected chi connectivity index (χ3v) is 7.95. The van der Waals surface area contributed by atoms with Crippen molar-refractivity contribution in [2.75, 3.05) is 18.9 Å². The van der Waals surface area contributed by atoms with Gasteiger partial charge in [0.1, 0.15) is 17.6 Å². The number of nitrogens with one attached hydrogen (secondary N) is 1. The Morgan fingerprint density at radius 3 is 2.41 bits per heavy atom. The van der Waals surface area contributed by atoms with Crippen LogP contribution in [-0.2, 0) is 11.3 Å². The Morgan fingerprint density at radius 2 is 1.68 bits per heavy atom. The van der Waals surface area contributed by atoms with Crippen molar-refractivity contribution in [1.29, 1.82) is 0 Å². The zero-order chi connectivity index (χ0) is 25.2. The highest BCUT2D eigenvalue weighted by Gasteiger charge is 2.26. The van der Waals surface area contributed by atoms with Gasteiger partial charge in [0.15, 0.2) is 0 Å². The summed E-state index contributed by atoms with van der Waals surface area (Å²) in [6.45, 7) is 2.44. The zero-order valence-electron chi connectivity index (χ0n) is 21.4. The summed E-state index contributed by atoms with van der Waals surface area (Å²) in [5.74, 6) is 2.10. The second-order valence-electron chi connectivity index (χ2n) is 10.8. The molecule has 0 unspecified atom stereocenters. The lowest BCUT2D eigenvalue weighted by molar-refractivity contribution is 0.0256. The lowest BCUT2D eigenvalue weighted by Crippen LogP contribution is -2.37. The van der Waals surface area contributed by atoms with E-state index < -0.39 is 0 Å². The quantitative estimate of drug-likeness (QED) is 0.396. The minimum atomic E-state index is -0.376. The van der Waals surface area contributed by atoms with E-state index in [4.69, 9.17) is 19.9 Å². The molecule has 196 valence electrons. The van der Waals surface area contributed by atoms with E-state index >= 15 is 0 Å². The SMILES string of the molecule is Nc1c(-c2ccc(OC(=O)NC3CCCCC3)cc2)n(CC2CC2)c2cc(OC3CCOCC3)ccc12. The van der Waals surface area contributed by atoms with Crippen LogP contribution in [0.3, 0.4) is 0 Å². The van der Waals surface area contributed by atoms with Crippen LogP contribution >= 0.6 is 0 Å². The third-order valence-electron chi connectivity index (χ3n) is 7.95. The highest BCUT2D eigenvalue weighted by Crippen LogP contribution is 2.41. The second-order valence-corrected chi connectivity index (χ2v) is 10.8. The molecule has 1 amide bonds. The molecule has 1 aromatic heterocycles. The molecule has 1 saturated heterocycles. The first-order valence-corrected chi connectivity index (χ1v) is 13.9. The van der Waals surface area contributed by atoms with Gasteiger partial charge in [-0.1, -0.05) is 19.3 Å². The number of nitrogens with two attached hydrogens (primary N) is 1. The Bertz CT molecular complexity index is 1240. The standard InChI is InChI=1S/C30H37N3O4/c31-28-26-13-12-25(36-24-14-16-35-17-15-24)18-27(26)33(19-20-6-7-20)29(28)21-8-10-23(11-9-21)37-30(34)32-22-4-2-1-3-5-22/h8-13,18,20,22,24H,1-7,14-17,19,31H2,(H,32,34). The van der Waals surface area contributed by atoms with Gasteiger partial charge >= 0.3 is 6.09 Å². The average Bonchev–Trinajstić information content (AvgIpc) is 3.70. The molecule has 3 aromatic rings. The molecule has 6 rings (SSSR count). The van der Waals surface area contributed by atoms with Gasteiger partial charge < -0.3 is 29.8 Å². The molecule has 2 saturated carbocycles. The molecular formula is C30H37N3O4. The average molecular weight is 504 g/mol. The maximum atomic E-state index is 12.4. The van der Waals surface area contributed by atoms with Gasteiger partial charge in [0, 0.05) is 42.4 Å². The molecule has 0 radical (unpaired) electrons. The van der Waals surface area contributed by atoms with E-state index in [0.717, 1.165) is 79.0 Å². The summed E-state index contributed by atoms with van der Waals surface area (Å²) in [6, 6.07) is 14.2. The molecule has 7 nitrogen and oxygen atoms in total. The van der Waals surface area contributed by atoms with Crippen LogP contribution in [0.1, 0.15) is 57.8 Å². The number of anilines is 1. The molecule has 2 aliphatic carbocycles. The molecule has 3 aliphatic rings. The number of benzene rings is 2. The summed E-state index contributed by atoms with van der Waals surface area (Å²) < 4.78 is 19.7. The van der Waals surface area contributed by atoms with Gasteiger partial charge in [-0.15, -0.1) is 0 Å².